The van der Waals surface area contributed by atoms with E-state index in [0.717, 1.165) is 60.4 Å². The molecule has 2 bridgehead atoms. The third-order valence-electron chi connectivity index (χ3n) is 7.06. The van der Waals surface area contributed by atoms with Crippen LogP contribution >= 0.6 is 0 Å². The number of hydrogen-bond acceptors (Lipinski definition) is 2. The molecule has 0 aliphatic carbocycles. The molecule has 3 heterocycles. The van der Waals surface area contributed by atoms with Crippen molar-refractivity contribution in [2.24, 2.45) is 5.92 Å². The van der Waals surface area contributed by atoms with Gasteiger partial charge in [0.25, 0.3) is 5.56 Å². The molecule has 4 aromatic rings. The van der Waals surface area contributed by atoms with Gasteiger partial charge in [0.2, 0.25) is 0 Å². The first-order valence-corrected chi connectivity index (χ1v) is 11.3. The van der Waals surface area contributed by atoms with Gasteiger partial charge in [-0.05, 0) is 64.6 Å². The molecule has 1 saturated heterocycles. The molecular formula is C28H25FN2O. The van der Waals surface area contributed by atoms with Crippen molar-refractivity contribution in [1.29, 1.82) is 0 Å². The van der Waals surface area contributed by atoms with E-state index in [9.17, 15) is 9.18 Å². The van der Waals surface area contributed by atoms with Gasteiger partial charge in [0, 0.05) is 43.4 Å². The topological polar surface area (TPSA) is 25.2 Å². The summed E-state index contributed by atoms with van der Waals surface area (Å²) < 4.78 is 15.3. The monoisotopic (exact) mass is 424 g/mol. The molecule has 160 valence electrons. The number of rotatable bonds is 3. The quantitative estimate of drug-likeness (QED) is 0.438. The van der Waals surface area contributed by atoms with E-state index in [4.69, 9.17) is 0 Å². The van der Waals surface area contributed by atoms with Crippen molar-refractivity contribution in [3.63, 3.8) is 0 Å². The van der Waals surface area contributed by atoms with E-state index >= 15 is 0 Å². The van der Waals surface area contributed by atoms with Crippen LogP contribution in [0.2, 0.25) is 0 Å². The Labute approximate surface area is 186 Å². The van der Waals surface area contributed by atoms with E-state index in [1.165, 1.54) is 17.5 Å². The van der Waals surface area contributed by atoms with Crippen LogP contribution in [0.5, 0.6) is 0 Å². The van der Waals surface area contributed by atoms with Crippen LogP contribution in [0.3, 0.4) is 0 Å². The Morgan fingerprint density at radius 2 is 1.66 bits per heavy atom. The summed E-state index contributed by atoms with van der Waals surface area (Å²) >= 11 is 0. The lowest BCUT2D eigenvalue weighted by Gasteiger charge is -2.43. The Balaban J connectivity index is 1.30. The van der Waals surface area contributed by atoms with Crippen molar-refractivity contribution in [3.05, 3.63) is 106 Å². The summed E-state index contributed by atoms with van der Waals surface area (Å²) in [7, 11) is 0. The highest BCUT2D eigenvalue weighted by Gasteiger charge is 2.35. The fourth-order valence-corrected chi connectivity index (χ4v) is 5.60. The maximum atomic E-state index is 13.5. The van der Waals surface area contributed by atoms with Crippen molar-refractivity contribution in [3.8, 4) is 11.1 Å². The van der Waals surface area contributed by atoms with Crippen LogP contribution in [-0.4, -0.2) is 22.6 Å². The molecule has 1 aromatic heterocycles. The molecule has 0 unspecified atom stereocenters. The highest BCUT2D eigenvalue weighted by atomic mass is 19.1. The zero-order chi connectivity index (χ0) is 21.7. The number of likely N-dealkylation sites (tertiary alicyclic amines) is 1. The van der Waals surface area contributed by atoms with Crippen LogP contribution in [0.4, 0.5) is 4.39 Å². The largest absolute Gasteiger partial charge is 0.311 e. The number of benzene rings is 3. The van der Waals surface area contributed by atoms with Crippen LogP contribution in [0.1, 0.15) is 23.6 Å². The number of aromatic nitrogens is 1. The maximum Gasteiger partial charge on any atom is 0.258 e. The highest BCUT2D eigenvalue weighted by Crippen LogP contribution is 2.36. The van der Waals surface area contributed by atoms with E-state index in [0.29, 0.717) is 11.8 Å². The lowest BCUT2D eigenvalue weighted by molar-refractivity contribution is 0.114. The van der Waals surface area contributed by atoms with E-state index in [1.807, 2.05) is 34.9 Å². The number of hydrogen-bond donors (Lipinski definition) is 0. The fraction of sp³-hybridized carbons (Fsp3) is 0.250. The second-order valence-corrected chi connectivity index (χ2v) is 9.27. The summed E-state index contributed by atoms with van der Waals surface area (Å²) in [5.74, 6) is 0.632. The van der Waals surface area contributed by atoms with Gasteiger partial charge in [-0.3, -0.25) is 9.69 Å². The van der Waals surface area contributed by atoms with Crippen LogP contribution in [0.25, 0.3) is 21.9 Å². The van der Waals surface area contributed by atoms with Gasteiger partial charge in [0.05, 0.1) is 0 Å². The van der Waals surface area contributed by atoms with Crippen LogP contribution in [0.15, 0.2) is 83.7 Å². The first-order valence-electron chi connectivity index (χ1n) is 11.3. The number of fused-ring (bicyclic) bond motifs is 5. The second-order valence-electron chi connectivity index (χ2n) is 9.27. The summed E-state index contributed by atoms with van der Waals surface area (Å²) in [6.07, 6.45) is 1.13. The molecular weight excluding hydrogens is 399 g/mol. The van der Waals surface area contributed by atoms with Gasteiger partial charge in [0.1, 0.15) is 5.82 Å². The van der Waals surface area contributed by atoms with E-state index in [2.05, 4.69) is 41.3 Å². The molecule has 4 heteroatoms. The van der Waals surface area contributed by atoms with E-state index in [-0.39, 0.29) is 11.4 Å². The predicted octanol–water partition coefficient (Wildman–Crippen LogP) is 5.43. The molecule has 2 aliphatic rings. The molecule has 32 heavy (non-hydrogen) atoms. The minimum atomic E-state index is -0.195. The van der Waals surface area contributed by atoms with E-state index < -0.39 is 0 Å². The second kappa shape index (κ2) is 7.72. The van der Waals surface area contributed by atoms with E-state index in [1.54, 1.807) is 0 Å². The normalized spacial score (nSPS) is 20.3. The van der Waals surface area contributed by atoms with Gasteiger partial charge in [-0.1, -0.05) is 48.5 Å². The minimum absolute atomic E-state index is 0.125. The molecule has 0 spiro atoms. The van der Waals surface area contributed by atoms with Crippen molar-refractivity contribution < 1.29 is 4.39 Å². The zero-order valence-electron chi connectivity index (χ0n) is 17.9. The Kier molecular flexibility index (Phi) is 4.69. The summed E-state index contributed by atoms with van der Waals surface area (Å²) in [5, 5.41) is 2.34. The van der Waals surface area contributed by atoms with Gasteiger partial charge in [-0.2, -0.15) is 0 Å². The Hall–Kier alpha value is -3.24. The Morgan fingerprint density at radius 1 is 0.844 bits per heavy atom. The fourth-order valence-electron chi connectivity index (χ4n) is 5.60. The summed E-state index contributed by atoms with van der Waals surface area (Å²) in [6, 6.07) is 25.5. The third-order valence-corrected chi connectivity index (χ3v) is 7.06. The molecule has 3 nitrogen and oxygen atoms in total. The molecule has 3 aromatic carbocycles. The SMILES string of the molecule is O=c1c(-c2ccc3ccccc3c2)ccc2n1C[C@@H]1C[C@@H]2CN(Cc2ccc(F)cc2)C1. The summed E-state index contributed by atoms with van der Waals surface area (Å²) in [5.41, 5.74) is 4.18. The zero-order valence-corrected chi connectivity index (χ0v) is 17.9. The average Bonchev–Trinajstić information content (AvgIpc) is 2.81. The maximum absolute atomic E-state index is 13.5. The van der Waals surface area contributed by atoms with Crippen molar-refractivity contribution in [2.45, 2.75) is 25.4 Å². The summed E-state index contributed by atoms with van der Waals surface area (Å²) in [4.78, 5) is 16.0. The lowest BCUT2D eigenvalue weighted by atomic mass is 9.82. The third kappa shape index (κ3) is 3.45. The molecule has 2 aliphatic heterocycles. The lowest BCUT2D eigenvalue weighted by Crippen LogP contribution is -2.46. The van der Waals surface area contributed by atoms with Crippen LogP contribution in [0, 0.1) is 11.7 Å². The molecule has 0 radical (unpaired) electrons. The van der Waals surface area contributed by atoms with Gasteiger partial charge < -0.3 is 4.57 Å². The molecule has 1 fully saturated rings. The first kappa shape index (κ1) is 19.4. The van der Waals surface area contributed by atoms with Crippen molar-refractivity contribution in [1.82, 2.24) is 9.47 Å². The number of nitrogens with zero attached hydrogens (tertiary/aromatic N) is 2. The molecule has 0 N–H and O–H groups in total. The standard InChI is InChI=1S/C28H25FN2O/c29-25-9-5-19(6-10-25)15-30-16-20-13-24(18-30)27-12-11-26(28(32)31(27)17-20)23-8-7-21-3-1-2-4-22(21)14-23/h1-12,14,20,24H,13,15-18H2/t20-,24-/m1/s1. The molecule has 6 rings (SSSR count). The average molecular weight is 425 g/mol. The first-order chi connectivity index (χ1) is 15.6. The Bertz CT molecular complexity index is 1360. The smallest absolute Gasteiger partial charge is 0.258 e. The highest BCUT2D eigenvalue weighted by molar-refractivity contribution is 5.87. The Morgan fingerprint density at radius 3 is 2.50 bits per heavy atom. The number of pyridine rings is 1. The number of halogens is 1. The number of piperidine rings is 1. The van der Waals surface area contributed by atoms with Gasteiger partial charge in [-0.15, -0.1) is 0 Å². The van der Waals surface area contributed by atoms with Crippen LogP contribution < -0.4 is 5.56 Å². The minimum Gasteiger partial charge on any atom is -0.311 e. The summed E-state index contributed by atoms with van der Waals surface area (Å²) in [6.45, 7) is 3.50. The van der Waals surface area contributed by atoms with Crippen molar-refractivity contribution >= 4 is 10.8 Å². The van der Waals surface area contributed by atoms with Crippen LogP contribution in [-0.2, 0) is 13.1 Å². The van der Waals surface area contributed by atoms with Gasteiger partial charge in [0.15, 0.2) is 0 Å². The molecule has 2 atom stereocenters. The molecule has 0 saturated carbocycles. The van der Waals surface area contributed by atoms with Gasteiger partial charge in [-0.25, -0.2) is 4.39 Å². The molecule has 0 amide bonds. The van der Waals surface area contributed by atoms with Gasteiger partial charge >= 0.3 is 0 Å². The predicted molar refractivity (Wildman–Crippen MR) is 126 cm³/mol. The van der Waals surface area contributed by atoms with Crippen molar-refractivity contribution in [2.75, 3.05) is 13.1 Å².